The Morgan fingerprint density at radius 1 is 1.22 bits per heavy atom. The van der Waals surface area contributed by atoms with Crippen LogP contribution < -0.4 is 16.4 Å². The van der Waals surface area contributed by atoms with Crippen LogP contribution in [0.4, 0.5) is 10.6 Å². The van der Waals surface area contributed by atoms with Gasteiger partial charge in [-0.2, -0.15) is 0 Å². The van der Waals surface area contributed by atoms with Crippen molar-refractivity contribution >= 4 is 23.7 Å². The molecule has 10 nitrogen and oxygen atoms in total. The van der Waals surface area contributed by atoms with Gasteiger partial charge < -0.3 is 26.4 Å². The van der Waals surface area contributed by atoms with Crippen molar-refractivity contribution in [2.75, 3.05) is 19.3 Å². The number of hydrogen-bond acceptors (Lipinski definition) is 6. The standard InChI is InChI=1S/C22H28N6O4/c1-22(2,3)17-14(8-9-28(17)21(31)32)27-19(29)13-7-5-6-12(10-13)15-11-25-18(23)16(26-15)20(30)24-4/h5-7,10-11,14,17H,8-9H2,1-4H3,(H2,23,25)(H,24,30)(H,27,29)(H,31,32). The summed E-state index contributed by atoms with van der Waals surface area (Å²) in [5.74, 6) is -0.754. The number of nitrogens with zero attached hydrogens (tertiary/aromatic N) is 3. The number of aromatic nitrogens is 2. The van der Waals surface area contributed by atoms with E-state index in [-0.39, 0.29) is 34.9 Å². The van der Waals surface area contributed by atoms with Crippen molar-refractivity contribution in [2.45, 2.75) is 39.3 Å². The summed E-state index contributed by atoms with van der Waals surface area (Å²) < 4.78 is 0. The average Bonchev–Trinajstić information content (AvgIpc) is 3.18. The lowest BCUT2D eigenvalue weighted by Crippen LogP contribution is -2.52. The molecule has 1 aliphatic heterocycles. The monoisotopic (exact) mass is 440 g/mol. The van der Waals surface area contributed by atoms with Crippen LogP contribution in [0.3, 0.4) is 0 Å². The zero-order valence-corrected chi connectivity index (χ0v) is 18.5. The molecule has 1 aromatic heterocycles. The molecule has 0 aliphatic carbocycles. The molecule has 0 spiro atoms. The lowest BCUT2D eigenvalue weighted by Gasteiger charge is -2.37. The Hall–Kier alpha value is -3.69. The summed E-state index contributed by atoms with van der Waals surface area (Å²) >= 11 is 0. The molecule has 3 amide bonds. The predicted octanol–water partition coefficient (Wildman–Crippen LogP) is 1.98. The summed E-state index contributed by atoms with van der Waals surface area (Å²) in [6.45, 7) is 6.25. The van der Waals surface area contributed by atoms with E-state index in [2.05, 4.69) is 20.6 Å². The van der Waals surface area contributed by atoms with Gasteiger partial charge in [0.2, 0.25) is 0 Å². The van der Waals surface area contributed by atoms with E-state index in [0.717, 1.165) is 0 Å². The summed E-state index contributed by atoms with van der Waals surface area (Å²) in [7, 11) is 1.47. The van der Waals surface area contributed by atoms with Gasteiger partial charge in [-0.1, -0.05) is 32.9 Å². The van der Waals surface area contributed by atoms with Crippen LogP contribution in [0.25, 0.3) is 11.3 Å². The van der Waals surface area contributed by atoms with Crippen molar-refractivity contribution in [3.8, 4) is 11.3 Å². The molecule has 5 N–H and O–H groups in total. The number of rotatable bonds is 4. The molecule has 1 saturated heterocycles. The van der Waals surface area contributed by atoms with Gasteiger partial charge in [0.25, 0.3) is 11.8 Å². The first-order chi connectivity index (χ1) is 15.0. The Balaban J connectivity index is 1.85. The highest BCUT2D eigenvalue weighted by Crippen LogP contribution is 2.33. The van der Waals surface area contributed by atoms with Crippen molar-refractivity contribution in [3.63, 3.8) is 0 Å². The topological polar surface area (TPSA) is 151 Å². The van der Waals surface area contributed by atoms with Gasteiger partial charge in [-0.3, -0.25) is 9.59 Å². The molecular formula is C22H28N6O4. The van der Waals surface area contributed by atoms with Gasteiger partial charge in [-0.15, -0.1) is 0 Å². The summed E-state index contributed by atoms with van der Waals surface area (Å²) in [4.78, 5) is 46.3. The van der Waals surface area contributed by atoms with Gasteiger partial charge in [0.05, 0.1) is 24.0 Å². The van der Waals surface area contributed by atoms with Gasteiger partial charge in [0.15, 0.2) is 11.5 Å². The summed E-state index contributed by atoms with van der Waals surface area (Å²) in [5, 5.41) is 15.0. The summed E-state index contributed by atoms with van der Waals surface area (Å²) in [6, 6.07) is 6.13. The molecule has 2 unspecified atom stereocenters. The molecule has 0 bridgehead atoms. The molecule has 0 saturated carbocycles. The molecule has 0 radical (unpaired) electrons. The molecule has 32 heavy (non-hydrogen) atoms. The number of nitrogens with two attached hydrogens (primary N) is 1. The number of benzene rings is 1. The Labute approximate surface area is 186 Å². The van der Waals surface area contributed by atoms with Crippen LogP contribution in [0.1, 0.15) is 48.0 Å². The maximum atomic E-state index is 13.0. The van der Waals surface area contributed by atoms with Crippen LogP contribution in [0.15, 0.2) is 30.5 Å². The molecule has 2 aromatic rings. The minimum atomic E-state index is -0.988. The first-order valence-electron chi connectivity index (χ1n) is 10.3. The van der Waals surface area contributed by atoms with Crippen LogP contribution >= 0.6 is 0 Å². The van der Waals surface area contributed by atoms with Crippen molar-refractivity contribution in [2.24, 2.45) is 5.41 Å². The Bertz CT molecular complexity index is 1050. The summed E-state index contributed by atoms with van der Waals surface area (Å²) in [5.41, 5.74) is 6.81. The van der Waals surface area contributed by atoms with Gasteiger partial charge in [-0.05, 0) is 24.0 Å². The molecular weight excluding hydrogens is 412 g/mol. The Kier molecular flexibility index (Phi) is 6.33. The second-order valence-electron chi connectivity index (χ2n) is 8.80. The first-order valence-corrected chi connectivity index (χ1v) is 10.3. The van der Waals surface area contributed by atoms with E-state index in [4.69, 9.17) is 5.73 Å². The molecule has 170 valence electrons. The zero-order valence-electron chi connectivity index (χ0n) is 18.5. The molecule has 2 heterocycles. The number of likely N-dealkylation sites (tertiary alicyclic amines) is 1. The van der Waals surface area contributed by atoms with E-state index >= 15 is 0 Å². The largest absolute Gasteiger partial charge is 0.465 e. The van der Waals surface area contributed by atoms with Crippen molar-refractivity contribution in [1.29, 1.82) is 0 Å². The van der Waals surface area contributed by atoms with Crippen LogP contribution in [0.2, 0.25) is 0 Å². The van der Waals surface area contributed by atoms with Crippen LogP contribution in [-0.4, -0.2) is 63.6 Å². The fraction of sp³-hybridized carbons (Fsp3) is 0.409. The number of carboxylic acid groups (broad SMARTS) is 1. The van der Waals surface area contributed by atoms with Crippen LogP contribution in [0, 0.1) is 5.41 Å². The molecule has 1 aromatic carbocycles. The second kappa shape index (κ2) is 8.81. The van der Waals surface area contributed by atoms with E-state index in [1.807, 2.05) is 20.8 Å². The van der Waals surface area contributed by atoms with Gasteiger partial charge >= 0.3 is 6.09 Å². The maximum absolute atomic E-state index is 13.0. The third-order valence-corrected chi connectivity index (χ3v) is 5.51. The van der Waals surface area contributed by atoms with Gasteiger partial charge in [0.1, 0.15) is 0 Å². The third kappa shape index (κ3) is 4.63. The Morgan fingerprint density at radius 2 is 1.94 bits per heavy atom. The number of amides is 3. The molecule has 3 rings (SSSR count). The molecule has 1 aliphatic rings. The van der Waals surface area contributed by atoms with Gasteiger partial charge in [0, 0.05) is 24.7 Å². The van der Waals surface area contributed by atoms with E-state index in [1.165, 1.54) is 18.1 Å². The fourth-order valence-corrected chi connectivity index (χ4v) is 4.12. The van der Waals surface area contributed by atoms with Crippen molar-refractivity contribution < 1.29 is 19.5 Å². The third-order valence-electron chi connectivity index (χ3n) is 5.51. The van der Waals surface area contributed by atoms with Crippen LogP contribution in [0.5, 0.6) is 0 Å². The number of nitrogens with one attached hydrogen (secondary N) is 2. The number of carbonyl (C=O) groups excluding carboxylic acids is 2. The van der Waals surface area contributed by atoms with E-state index < -0.39 is 12.0 Å². The molecule has 10 heteroatoms. The highest BCUT2D eigenvalue weighted by molar-refractivity contribution is 5.97. The number of hydrogen-bond donors (Lipinski definition) is 4. The van der Waals surface area contributed by atoms with E-state index in [9.17, 15) is 19.5 Å². The number of anilines is 1. The maximum Gasteiger partial charge on any atom is 0.407 e. The predicted molar refractivity (Wildman–Crippen MR) is 119 cm³/mol. The number of carbonyl (C=O) groups is 3. The molecule has 2 atom stereocenters. The van der Waals surface area contributed by atoms with Crippen molar-refractivity contribution in [3.05, 3.63) is 41.7 Å². The molecule has 1 fully saturated rings. The minimum absolute atomic E-state index is 0.00703. The number of nitrogen functional groups attached to an aromatic ring is 1. The highest BCUT2D eigenvalue weighted by atomic mass is 16.4. The van der Waals surface area contributed by atoms with E-state index in [1.54, 1.807) is 24.3 Å². The SMILES string of the molecule is CNC(=O)c1nc(-c2cccc(C(=O)NC3CCN(C(=O)O)C3C(C)(C)C)c2)cnc1N. The fourth-order valence-electron chi connectivity index (χ4n) is 4.12. The average molecular weight is 441 g/mol. The normalized spacial score (nSPS) is 18.3. The van der Waals surface area contributed by atoms with Crippen LogP contribution in [-0.2, 0) is 0 Å². The lowest BCUT2D eigenvalue weighted by molar-refractivity contribution is 0.0826. The van der Waals surface area contributed by atoms with E-state index in [0.29, 0.717) is 29.8 Å². The van der Waals surface area contributed by atoms with Crippen molar-refractivity contribution in [1.82, 2.24) is 25.5 Å². The summed E-state index contributed by atoms with van der Waals surface area (Å²) in [6.07, 6.45) is 0.992. The van der Waals surface area contributed by atoms with Gasteiger partial charge in [-0.25, -0.2) is 14.8 Å². The smallest absolute Gasteiger partial charge is 0.407 e. The quantitative estimate of drug-likeness (QED) is 0.567. The lowest BCUT2D eigenvalue weighted by atomic mass is 9.82. The minimum Gasteiger partial charge on any atom is -0.465 e. The highest BCUT2D eigenvalue weighted by Gasteiger charge is 2.44. The zero-order chi connectivity index (χ0) is 23.6. The first kappa shape index (κ1) is 23.0. The second-order valence-corrected chi connectivity index (χ2v) is 8.80. The Morgan fingerprint density at radius 3 is 2.56 bits per heavy atom.